The molecule has 0 aromatic carbocycles. The standard InChI is InChI=1S/C12H24N2O2/c1-10(2)16-8-7-14-11(15)12(9-13)5-3-4-6-12/h10H,3-9,13H2,1-2H3,(H,14,15). The smallest absolute Gasteiger partial charge is 0.227 e. The fourth-order valence-electron chi connectivity index (χ4n) is 2.22. The van der Waals surface area contributed by atoms with Gasteiger partial charge in [-0.1, -0.05) is 12.8 Å². The van der Waals surface area contributed by atoms with Gasteiger partial charge in [-0.15, -0.1) is 0 Å². The average Bonchev–Trinajstić information content (AvgIpc) is 2.73. The number of carbonyl (C=O) groups excluding carboxylic acids is 1. The maximum absolute atomic E-state index is 12.0. The predicted molar refractivity (Wildman–Crippen MR) is 64.1 cm³/mol. The minimum absolute atomic E-state index is 0.111. The van der Waals surface area contributed by atoms with Crippen LogP contribution in [0.1, 0.15) is 39.5 Å². The van der Waals surface area contributed by atoms with E-state index < -0.39 is 0 Å². The lowest BCUT2D eigenvalue weighted by molar-refractivity contribution is -0.130. The highest BCUT2D eigenvalue weighted by molar-refractivity contribution is 5.83. The van der Waals surface area contributed by atoms with Gasteiger partial charge in [0.1, 0.15) is 0 Å². The predicted octanol–water partition coefficient (Wildman–Crippen LogP) is 1.05. The summed E-state index contributed by atoms with van der Waals surface area (Å²) in [5.74, 6) is 0.111. The Morgan fingerprint density at radius 2 is 2.06 bits per heavy atom. The molecule has 0 radical (unpaired) electrons. The van der Waals surface area contributed by atoms with Crippen LogP contribution < -0.4 is 11.1 Å². The minimum atomic E-state index is -0.294. The third-order valence-corrected chi connectivity index (χ3v) is 3.27. The van der Waals surface area contributed by atoms with Crippen molar-refractivity contribution in [2.75, 3.05) is 19.7 Å². The maximum atomic E-state index is 12.0. The lowest BCUT2D eigenvalue weighted by atomic mass is 9.85. The van der Waals surface area contributed by atoms with Crippen LogP contribution in [0.3, 0.4) is 0 Å². The molecule has 4 nitrogen and oxygen atoms in total. The average molecular weight is 228 g/mol. The van der Waals surface area contributed by atoms with Crippen molar-refractivity contribution in [3.63, 3.8) is 0 Å². The molecule has 0 atom stereocenters. The van der Waals surface area contributed by atoms with E-state index in [1.165, 1.54) is 0 Å². The molecule has 1 fully saturated rings. The van der Waals surface area contributed by atoms with E-state index >= 15 is 0 Å². The molecule has 0 saturated heterocycles. The van der Waals surface area contributed by atoms with Crippen molar-refractivity contribution in [1.82, 2.24) is 5.32 Å². The van der Waals surface area contributed by atoms with Crippen molar-refractivity contribution in [2.24, 2.45) is 11.1 Å². The molecule has 0 spiro atoms. The Labute approximate surface area is 97.9 Å². The van der Waals surface area contributed by atoms with Gasteiger partial charge in [0, 0.05) is 13.1 Å². The lowest BCUT2D eigenvalue weighted by Gasteiger charge is -2.25. The monoisotopic (exact) mass is 228 g/mol. The zero-order valence-electron chi connectivity index (χ0n) is 10.4. The summed E-state index contributed by atoms with van der Waals surface area (Å²) in [4.78, 5) is 12.0. The number of nitrogens with two attached hydrogens (primary N) is 1. The zero-order chi connectivity index (χ0) is 12.0. The van der Waals surface area contributed by atoms with Crippen LogP contribution in [-0.4, -0.2) is 31.7 Å². The Hall–Kier alpha value is -0.610. The Bertz CT molecular complexity index is 223. The Morgan fingerprint density at radius 3 is 2.56 bits per heavy atom. The summed E-state index contributed by atoms with van der Waals surface area (Å²) in [7, 11) is 0. The van der Waals surface area contributed by atoms with Crippen LogP contribution in [0.5, 0.6) is 0 Å². The van der Waals surface area contributed by atoms with Crippen LogP contribution in [0.15, 0.2) is 0 Å². The van der Waals surface area contributed by atoms with Gasteiger partial charge in [-0.2, -0.15) is 0 Å². The van der Waals surface area contributed by atoms with Gasteiger partial charge in [0.2, 0.25) is 5.91 Å². The molecule has 0 aliphatic heterocycles. The summed E-state index contributed by atoms with van der Waals surface area (Å²) in [6.45, 7) is 5.59. The van der Waals surface area contributed by atoms with Crippen LogP contribution in [0.2, 0.25) is 0 Å². The van der Waals surface area contributed by atoms with Gasteiger partial charge in [-0.3, -0.25) is 4.79 Å². The summed E-state index contributed by atoms with van der Waals surface area (Å²) >= 11 is 0. The van der Waals surface area contributed by atoms with Gasteiger partial charge in [0.05, 0.1) is 18.1 Å². The summed E-state index contributed by atoms with van der Waals surface area (Å²) in [6, 6.07) is 0. The molecule has 1 amide bonds. The molecule has 1 aliphatic carbocycles. The van der Waals surface area contributed by atoms with E-state index in [1.54, 1.807) is 0 Å². The summed E-state index contributed by atoms with van der Waals surface area (Å²) in [5.41, 5.74) is 5.44. The molecule has 0 heterocycles. The van der Waals surface area contributed by atoms with Crippen molar-refractivity contribution in [2.45, 2.75) is 45.6 Å². The van der Waals surface area contributed by atoms with Crippen LogP contribution in [0.4, 0.5) is 0 Å². The molecular weight excluding hydrogens is 204 g/mol. The van der Waals surface area contributed by atoms with Gasteiger partial charge in [0.25, 0.3) is 0 Å². The van der Waals surface area contributed by atoms with Crippen molar-refractivity contribution in [1.29, 1.82) is 0 Å². The molecule has 0 aromatic heterocycles. The van der Waals surface area contributed by atoms with Crippen LogP contribution in [0.25, 0.3) is 0 Å². The quantitative estimate of drug-likeness (QED) is 0.668. The Balaban J connectivity index is 2.28. The molecule has 0 aromatic rings. The van der Waals surface area contributed by atoms with E-state index in [4.69, 9.17) is 10.5 Å². The van der Waals surface area contributed by atoms with Crippen molar-refractivity contribution in [3.8, 4) is 0 Å². The van der Waals surface area contributed by atoms with Crippen molar-refractivity contribution >= 4 is 5.91 Å². The summed E-state index contributed by atoms with van der Waals surface area (Å²) in [5, 5.41) is 2.93. The number of amides is 1. The third kappa shape index (κ3) is 3.46. The van der Waals surface area contributed by atoms with Gasteiger partial charge < -0.3 is 15.8 Å². The Kier molecular flexibility index (Phi) is 5.22. The summed E-state index contributed by atoms with van der Waals surface area (Å²) < 4.78 is 5.38. The van der Waals surface area contributed by atoms with E-state index in [0.717, 1.165) is 25.7 Å². The lowest BCUT2D eigenvalue weighted by Crippen LogP contribution is -2.45. The molecule has 0 bridgehead atoms. The molecule has 4 heteroatoms. The number of carbonyl (C=O) groups is 1. The molecular formula is C12H24N2O2. The second-order valence-corrected chi connectivity index (χ2v) is 4.87. The number of rotatable bonds is 6. The molecule has 3 N–H and O–H groups in total. The molecule has 1 aliphatic rings. The van der Waals surface area contributed by atoms with Gasteiger partial charge in [-0.05, 0) is 26.7 Å². The second kappa shape index (κ2) is 6.21. The van der Waals surface area contributed by atoms with E-state index in [1.807, 2.05) is 13.8 Å². The fraction of sp³-hybridized carbons (Fsp3) is 0.917. The second-order valence-electron chi connectivity index (χ2n) is 4.87. The number of ether oxygens (including phenoxy) is 1. The van der Waals surface area contributed by atoms with Crippen molar-refractivity contribution < 1.29 is 9.53 Å². The van der Waals surface area contributed by atoms with E-state index in [0.29, 0.717) is 19.7 Å². The minimum Gasteiger partial charge on any atom is -0.377 e. The molecule has 1 saturated carbocycles. The van der Waals surface area contributed by atoms with Crippen LogP contribution in [0, 0.1) is 5.41 Å². The van der Waals surface area contributed by atoms with Gasteiger partial charge in [0.15, 0.2) is 0 Å². The molecule has 0 unspecified atom stereocenters. The molecule has 1 rings (SSSR count). The fourth-order valence-corrected chi connectivity index (χ4v) is 2.22. The first-order valence-electron chi connectivity index (χ1n) is 6.21. The summed E-state index contributed by atoms with van der Waals surface area (Å²) in [6.07, 6.45) is 4.31. The normalized spacial score (nSPS) is 19.0. The highest BCUT2D eigenvalue weighted by Crippen LogP contribution is 2.37. The highest BCUT2D eigenvalue weighted by Gasteiger charge is 2.39. The first kappa shape index (κ1) is 13.5. The maximum Gasteiger partial charge on any atom is 0.227 e. The number of hydrogen-bond acceptors (Lipinski definition) is 3. The van der Waals surface area contributed by atoms with Crippen LogP contribution in [-0.2, 0) is 9.53 Å². The van der Waals surface area contributed by atoms with Gasteiger partial charge >= 0.3 is 0 Å². The zero-order valence-corrected chi connectivity index (χ0v) is 10.4. The van der Waals surface area contributed by atoms with E-state index in [9.17, 15) is 4.79 Å². The van der Waals surface area contributed by atoms with Crippen LogP contribution >= 0.6 is 0 Å². The third-order valence-electron chi connectivity index (χ3n) is 3.27. The van der Waals surface area contributed by atoms with E-state index in [-0.39, 0.29) is 17.4 Å². The SMILES string of the molecule is CC(C)OCCNC(=O)C1(CN)CCCC1. The first-order valence-corrected chi connectivity index (χ1v) is 6.21. The van der Waals surface area contributed by atoms with Gasteiger partial charge in [-0.25, -0.2) is 0 Å². The molecule has 16 heavy (non-hydrogen) atoms. The van der Waals surface area contributed by atoms with Crippen molar-refractivity contribution in [3.05, 3.63) is 0 Å². The topological polar surface area (TPSA) is 64.3 Å². The number of nitrogens with one attached hydrogen (secondary N) is 1. The largest absolute Gasteiger partial charge is 0.377 e. The Morgan fingerprint density at radius 1 is 1.44 bits per heavy atom. The van der Waals surface area contributed by atoms with E-state index in [2.05, 4.69) is 5.32 Å². The number of hydrogen-bond donors (Lipinski definition) is 2. The molecule has 94 valence electrons. The first-order chi connectivity index (χ1) is 7.60. The highest BCUT2D eigenvalue weighted by atomic mass is 16.5.